The summed E-state index contributed by atoms with van der Waals surface area (Å²) in [6.07, 6.45) is 0.934. The second kappa shape index (κ2) is 6.55. The second-order valence-electron chi connectivity index (χ2n) is 5.41. The number of likely N-dealkylation sites (N-methyl/N-ethyl adjacent to an activating group) is 1. The lowest BCUT2D eigenvalue weighted by molar-refractivity contribution is -0.132. The SMILES string of the molecule is CN1CC(NS(=O)(=O)Cc2ccc(CN)cc2)CCC1=O. The van der Waals surface area contributed by atoms with E-state index in [9.17, 15) is 13.2 Å². The summed E-state index contributed by atoms with van der Waals surface area (Å²) in [7, 11) is -1.73. The highest BCUT2D eigenvalue weighted by atomic mass is 32.2. The van der Waals surface area contributed by atoms with Crippen LogP contribution in [0.25, 0.3) is 0 Å². The van der Waals surface area contributed by atoms with Crippen molar-refractivity contribution in [3.63, 3.8) is 0 Å². The van der Waals surface area contributed by atoms with Crippen LogP contribution in [0.2, 0.25) is 0 Å². The Labute approximate surface area is 125 Å². The van der Waals surface area contributed by atoms with Crippen LogP contribution in [-0.4, -0.2) is 38.9 Å². The molecular weight excluding hydrogens is 290 g/mol. The highest BCUT2D eigenvalue weighted by Crippen LogP contribution is 2.13. The summed E-state index contributed by atoms with van der Waals surface area (Å²) in [6, 6.07) is 7.01. The van der Waals surface area contributed by atoms with Crippen LogP contribution in [-0.2, 0) is 27.1 Å². The van der Waals surface area contributed by atoms with Crippen LogP contribution in [0, 0.1) is 0 Å². The van der Waals surface area contributed by atoms with Gasteiger partial charge in [0.25, 0.3) is 0 Å². The lowest BCUT2D eigenvalue weighted by Crippen LogP contribution is -2.48. The zero-order valence-electron chi connectivity index (χ0n) is 12.1. The molecule has 0 saturated carbocycles. The number of benzene rings is 1. The van der Waals surface area contributed by atoms with Crippen molar-refractivity contribution in [3.8, 4) is 0 Å². The highest BCUT2D eigenvalue weighted by Gasteiger charge is 2.26. The number of hydrogen-bond donors (Lipinski definition) is 2. The molecule has 1 heterocycles. The first-order chi connectivity index (χ1) is 9.89. The standard InChI is InChI=1S/C14H21N3O3S/c1-17-9-13(6-7-14(17)18)16-21(19,20)10-12-4-2-11(8-15)3-5-12/h2-5,13,16H,6-10,15H2,1H3. The molecule has 1 aliphatic heterocycles. The van der Waals surface area contributed by atoms with Crippen molar-refractivity contribution < 1.29 is 13.2 Å². The van der Waals surface area contributed by atoms with Crippen molar-refractivity contribution in [2.45, 2.75) is 31.2 Å². The molecule has 1 fully saturated rings. The minimum atomic E-state index is -3.41. The number of nitrogens with zero attached hydrogens (tertiary/aromatic N) is 1. The maximum Gasteiger partial charge on any atom is 0.222 e. The van der Waals surface area contributed by atoms with E-state index in [0.29, 0.717) is 25.9 Å². The predicted octanol–water partition coefficient (Wildman–Crippen LogP) is 0.186. The van der Waals surface area contributed by atoms with Crippen LogP contribution < -0.4 is 10.5 Å². The van der Waals surface area contributed by atoms with Crippen LogP contribution in [0.15, 0.2) is 24.3 Å². The Morgan fingerprint density at radius 2 is 1.90 bits per heavy atom. The van der Waals surface area contributed by atoms with Gasteiger partial charge in [-0.15, -0.1) is 0 Å². The number of nitrogens with one attached hydrogen (secondary N) is 1. The van der Waals surface area contributed by atoms with Gasteiger partial charge < -0.3 is 10.6 Å². The molecule has 7 heteroatoms. The largest absolute Gasteiger partial charge is 0.344 e. The van der Waals surface area contributed by atoms with E-state index in [4.69, 9.17) is 5.73 Å². The highest BCUT2D eigenvalue weighted by molar-refractivity contribution is 7.88. The first kappa shape index (κ1) is 15.9. The zero-order valence-corrected chi connectivity index (χ0v) is 12.9. The number of sulfonamides is 1. The fourth-order valence-electron chi connectivity index (χ4n) is 2.40. The maximum absolute atomic E-state index is 12.2. The van der Waals surface area contributed by atoms with Gasteiger partial charge in [0.1, 0.15) is 0 Å². The molecule has 0 aromatic heterocycles. The molecule has 1 aromatic carbocycles. The third-order valence-corrected chi connectivity index (χ3v) is 4.99. The number of rotatable bonds is 5. The molecule has 1 unspecified atom stereocenters. The van der Waals surface area contributed by atoms with E-state index in [1.54, 1.807) is 24.1 Å². The fraction of sp³-hybridized carbons (Fsp3) is 0.500. The molecule has 1 aromatic rings. The molecule has 116 valence electrons. The molecule has 0 spiro atoms. The summed E-state index contributed by atoms with van der Waals surface area (Å²) < 4.78 is 27.0. The van der Waals surface area contributed by atoms with Gasteiger partial charge in [-0.05, 0) is 17.5 Å². The summed E-state index contributed by atoms with van der Waals surface area (Å²) >= 11 is 0. The third kappa shape index (κ3) is 4.52. The third-order valence-electron chi connectivity index (χ3n) is 3.59. The Kier molecular flexibility index (Phi) is 4.97. The van der Waals surface area contributed by atoms with E-state index in [2.05, 4.69) is 4.72 Å². The summed E-state index contributed by atoms with van der Waals surface area (Å²) in [5, 5.41) is 0. The molecule has 21 heavy (non-hydrogen) atoms. The van der Waals surface area contributed by atoms with Crippen LogP contribution in [0.4, 0.5) is 0 Å². The van der Waals surface area contributed by atoms with Gasteiger partial charge in [0.2, 0.25) is 15.9 Å². The first-order valence-electron chi connectivity index (χ1n) is 6.91. The number of likely N-dealkylation sites (tertiary alicyclic amines) is 1. The summed E-state index contributed by atoms with van der Waals surface area (Å²) in [6.45, 7) is 0.859. The van der Waals surface area contributed by atoms with Crippen molar-refractivity contribution in [2.24, 2.45) is 5.73 Å². The van der Waals surface area contributed by atoms with Crippen LogP contribution >= 0.6 is 0 Å². The molecular formula is C14H21N3O3S. The molecule has 0 bridgehead atoms. The second-order valence-corrected chi connectivity index (χ2v) is 7.16. The van der Waals surface area contributed by atoms with Gasteiger partial charge in [-0.1, -0.05) is 24.3 Å². The average molecular weight is 311 g/mol. The van der Waals surface area contributed by atoms with E-state index in [-0.39, 0.29) is 17.7 Å². The summed E-state index contributed by atoms with van der Waals surface area (Å²) in [4.78, 5) is 13.0. The molecule has 1 aliphatic rings. The van der Waals surface area contributed by atoms with E-state index in [1.807, 2.05) is 12.1 Å². The van der Waals surface area contributed by atoms with Crippen molar-refractivity contribution in [1.82, 2.24) is 9.62 Å². The Bertz CT molecular complexity index is 598. The van der Waals surface area contributed by atoms with Gasteiger partial charge in [-0.25, -0.2) is 13.1 Å². The van der Waals surface area contributed by atoms with Gasteiger partial charge in [-0.3, -0.25) is 4.79 Å². The maximum atomic E-state index is 12.2. The minimum Gasteiger partial charge on any atom is -0.344 e. The van der Waals surface area contributed by atoms with E-state index in [0.717, 1.165) is 11.1 Å². The Morgan fingerprint density at radius 1 is 1.29 bits per heavy atom. The Hall–Kier alpha value is -1.44. The Balaban J connectivity index is 1.96. The number of amides is 1. The normalized spacial score (nSPS) is 19.8. The quantitative estimate of drug-likeness (QED) is 0.811. The molecule has 2 rings (SSSR count). The van der Waals surface area contributed by atoms with E-state index in [1.165, 1.54) is 0 Å². The van der Waals surface area contributed by atoms with Crippen LogP contribution in [0.5, 0.6) is 0 Å². The lowest BCUT2D eigenvalue weighted by Gasteiger charge is -2.29. The molecule has 0 aliphatic carbocycles. The molecule has 6 nitrogen and oxygen atoms in total. The zero-order chi connectivity index (χ0) is 15.5. The number of carbonyl (C=O) groups is 1. The number of carbonyl (C=O) groups excluding carboxylic acids is 1. The van der Waals surface area contributed by atoms with Gasteiger partial charge in [-0.2, -0.15) is 0 Å². The average Bonchev–Trinajstić information content (AvgIpc) is 2.43. The number of piperidine rings is 1. The smallest absolute Gasteiger partial charge is 0.222 e. The van der Waals surface area contributed by atoms with Crippen LogP contribution in [0.1, 0.15) is 24.0 Å². The van der Waals surface area contributed by atoms with Gasteiger partial charge in [0.05, 0.1) is 5.75 Å². The molecule has 1 amide bonds. The fourth-order valence-corrected chi connectivity index (χ4v) is 3.81. The molecule has 3 N–H and O–H groups in total. The number of nitrogens with two attached hydrogens (primary N) is 1. The number of hydrogen-bond acceptors (Lipinski definition) is 4. The van der Waals surface area contributed by atoms with Gasteiger partial charge in [0.15, 0.2) is 0 Å². The first-order valence-corrected chi connectivity index (χ1v) is 8.57. The van der Waals surface area contributed by atoms with Crippen molar-refractivity contribution in [2.75, 3.05) is 13.6 Å². The van der Waals surface area contributed by atoms with Gasteiger partial charge in [0, 0.05) is 32.6 Å². The van der Waals surface area contributed by atoms with Crippen molar-refractivity contribution >= 4 is 15.9 Å². The summed E-state index contributed by atoms with van der Waals surface area (Å²) in [5.41, 5.74) is 7.20. The van der Waals surface area contributed by atoms with Crippen molar-refractivity contribution in [3.05, 3.63) is 35.4 Å². The monoisotopic (exact) mass is 311 g/mol. The lowest BCUT2D eigenvalue weighted by atomic mass is 10.1. The van der Waals surface area contributed by atoms with Gasteiger partial charge >= 0.3 is 0 Å². The van der Waals surface area contributed by atoms with E-state index >= 15 is 0 Å². The molecule has 1 atom stereocenters. The minimum absolute atomic E-state index is 0.0582. The van der Waals surface area contributed by atoms with Crippen molar-refractivity contribution in [1.29, 1.82) is 0 Å². The van der Waals surface area contributed by atoms with E-state index < -0.39 is 10.0 Å². The van der Waals surface area contributed by atoms with Crippen LogP contribution in [0.3, 0.4) is 0 Å². The molecule has 0 radical (unpaired) electrons. The summed E-state index contributed by atoms with van der Waals surface area (Å²) in [5.74, 6) is -0.00531. The molecule has 1 saturated heterocycles. The Morgan fingerprint density at radius 3 is 2.48 bits per heavy atom. The topological polar surface area (TPSA) is 92.5 Å². The predicted molar refractivity (Wildman–Crippen MR) is 80.8 cm³/mol.